The van der Waals surface area contributed by atoms with Gasteiger partial charge >= 0.3 is 5.97 Å². The quantitative estimate of drug-likeness (QED) is 0.570. The minimum absolute atomic E-state index is 0.0674. The Balaban J connectivity index is 2.17. The second-order valence-corrected chi connectivity index (χ2v) is 4.30. The standard InChI is InChI=1S/C13H12N4O5/c18-8-2-1-3-14-11(8)12-16-5-7(13(22)17-12)4-9(19)15-6-10(20)21/h1-3,5,18H,4,6H2,(H,15,19)(H,20,21)(H,16,17,22). The van der Waals surface area contributed by atoms with Gasteiger partial charge in [0.15, 0.2) is 5.82 Å². The van der Waals surface area contributed by atoms with E-state index in [0.29, 0.717) is 0 Å². The van der Waals surface area contributed by atoms with Crippen molar-refractivity contribution < 1.29 is 19.8 Å². The monoisotopic (exact) mass is 304 g/mol. The molecule has 0 aliphatic heterocycles. The largest absolute Gasteiger partial charge is 0.506 e. The van der Waals surface area contributed by atoms with E-state index in [1.165, 1.54) is 24.5 Å². The summed E-state index contributed by atoms with van der Waals surface area (Å²) in [5.41, 5.74) is -0.479. The molecule has 9 nitrogen and oxygen atoms in total. The van der Waals surface area contributed by atoms with Gasteiger partial charge in [0, 0.05) is 18.0 Å². The number of carbonyl (C=O) groups excluding carboxylic acids is 1. The van der Waals surface area contributed by atoms with Gasteiger partial charge in [-0.2, -0.15) is 4.98 Å². The number of amides is 1. The maximum absolute atomic E-state index is 11.9. The summed E-state index contributed by atoms with van der Waals surface area (Å²) in [5, 5.41) is 20.2. The van der Waals surface area contributed by atoms with Gasteiger partial charge in [-0.25, -0.2) is 4.98 Å². The van der Waals surface area contributed by atoms with E-state index in [9.17, 15) is 19.5 Å². The van der Waals surface area contributed by atoms with Crippen LogP contribution in [0.1, 0.15) is 5.56 Å². The van der Waals surface area contributed by atoms with Gasteiger partial charge in [-0.15, -0.1) is 0 Å². The topological polar surface area (TPSA) is 145 Å². The first-order valence-electron chi connectivity index (χ1n) is 6.19. The number of carboxylic acids is 1. The summed E-state index contributed by atoms with van der Waals surface area (Å²) in [5.74, 6) is -1.86. The third-order valence-electron chi connectivity index (χ3n) is 2.67. The van der Waals surface area contributed by atoms with Gasteiger partial charge in [0.1, 0.15) is 18.0 Å². The second kappa shape index (κ2) is 6.48. The summed E-state index contributed by atoms with van der Waals surface area (Å²) in [6.45, 7) is -0.524. The lowest BCUT2D eigenvalue weighted by Gasteiger charge is -2.04. The van der Waals surface area contributed by atoms with Crippen molar-refractivity contribution in [2.24, 2.45) is 0 Å². The Bertz CT molecular complexity index is 771. The van der Waals surface area contributed by atoms with Crippen molar-refractivity contribution >= 4 is 11.9 Å². The average Bonchev–Trinajstić information content (AvgIpc) is 2.48. The first kappa shape index (κ1) is 15.2. The van der Waals surface area contributed by atoms with Crippen molar-refractivity contribution in [1.82, 2.24) is 20.3 Å². The number of pyridine rings is 1. The summed E-state index contributed by atoms with van der Waals surface area (Å²) in [7, 11) is 0. The lowest BCUT2D eigenvalue weighted by molar-refractivity contribution is -0.137. The Morgan fingerprint density at radius 3 is 2.77 bits per heavy atom. The van der Waals surface area contributed by atoms with Gasteiger partial charge in [-0.3, -0.25) is 14.4 Å². The molecule has 2 aromatic rings. The fourth-order valence-electron chi connectivity index (χ4n) is 1.66. The lowest BCUT2D eigenvalue weighted by atomic mass is 10.2. The number of aromatic amines is 1. The highest BCUT2D eigenvalue weighted by Crippen LogP contribution is 2.21. The van der Waals surface area contributed by atoms with E-state index in [4.69, 9.17) is 5.11 Å². The molecular formula is C13H12N4O5. The Hall–Kier alpha value is -3.23. The minimum atomic E-state index is -1.18. The van der Waals surface area contributed by atoms with E-state index in [1.54, 1.807) is 0 Å². The molecule has 2 rings (SSSR count). The third-order valence-corrected chi connectivity index (χ3v) is 2.67. The molecule has 0 atom stereocenters. The summed E-state index contributed by atoms with van der Waals surface area (Å²) in [6, 6.07) is 2.92. The zero-order valence-electron chi connectivity index (χ0n) is 11.2. The van der Waals surface area contributed by atoms with Crippen LogP contribution in [0.15, 0.2) is 29.3 Å². The number of nitrogens with one attached hydrogen (secondary N) is 2. The molecular weight excluding hydrogens is 292 g/mol. The van der Waals surface area contributed by atoms with Crippen LogP contribution >= 0.6 is 0 Å². The Labute approximate surface area is 123 Å². The van der Waals surface area contributed by atoms with E-state index in [0.717, 1.165) is 0 Å². The molecule has 4 N–H and O–H groups in total. The molecule has 2 heterocycles. The fraction of sp³-hybridized carbons (Fsp3) is 0.154. The molecule has 1 amide bonds. The van der Waals surface area contributed by atoms with Gasteiger partial charge in [-0.05, 0) is 12.1 Å². The number of nitrogens with zero attached hydrogens (tertiary/aromatic N) is 2. The van der Waals surface area contributed by atoms with Crippen molar-refractivity contribution in [3.63, 3.8) is 0 Å². The van der Waals surface area contributed by atoms with Crippen molar-refractivity contribution in [3.05, 3.63) is 40.4 Å². The van der Waals surface area contributed by atoms with Gasteiger partial charge in [0.05, 0.1) is 6.42 Å². The number of aromatic hydroxyl groups is 1. The molecule has 0 aliphatic rings. The van der Waals surface area contributed by atoms with E-state index < -0.39 is 24.0 Å². The number of hydrogen-bond donors (Lipinski definition) is 4. The third kappa shape index (κ3) is 3.66. The van der Waals surface area contributed by atoms with Gasteiger partial charge in [-0.1, -0.05) is 0 Å². The van der Waals surface area contributed by atoms with E-state index in [2.05, 4.69) is 20.3 Å². The van der Waals surface area contributed by atoms with Crippen LogP contribution in [0.4, 0.5) is 0 Å². The summed E-state index contributed by atoms with van der Waals surface area (Å²) in [4.78, 5) is 44.0. The SMILES string of the molecule is O=C(O)CNC(=O)Cc1c[nH]c(-c2ncccc2O)nc1=O. The molecule has 0 aliphatic carbocycles. The van der Waals surface area contributed by atoms with Crippen LogP contribution in [0.5, 0.6) is 5.75 Å². The number of aliphatic carboxylic acids is 1. The molecule has 22 heavy (non-hydrogen) atoms. The Morgan fingerprint density at radius 1 is 1.36 bits per heavy atom. The molecule has 114 valence electrons. The minimum Gasteiger partial charge on any atom is -0.506 e. The van der Waals surface area contributed by atoms with Crippen molar-refractivity contribution in [1.29, 1.82) is 0 Å². The summed E-state index contributed by atoms with van der Waals surface area (Å²) in [6.07, 6.45) is 2.41. The summed E-state index contributed by atoms with van der Waals surface area (Å²) >= 11 is 0. The molecule has 0 saturated carbocycles. The van der Waals surface area contributed by atoms with Crippen LogP contribution in [0.25, 0.3) is 11.5 Å². The highest BCUT2D eigenvalue weighted by molar-refractivity contribution is 5.82. The number of rotatable bonds is 5. The van der Waals surface area contributed by atoms with Gasteiger partial charge in [0.2, 0.25) is 5.91 Å². The van der Waals surface area contributed by atoms with Crippen LogP contribution in [0.2, 0.25) is 0 Å². The smallest absolute Gasteiger partial charge is 0.322 e. The van der Waals surface area contributed by atoms with Gasteiger partial charge < -0.3 is 20.5 Å². The van der Waals surface area contributed by atoms with Gasteiger partial charge in [0.25, 0.3) is 5.56 Å². The zero-order chi connectivity index (χ0) is 16.1. The molecule has 9 heteroatoms. The molecule has 2 aromatic heterocycles. The van der Waals surface area contributed by atoms with Crippen LogP contribution < -0.4 is 10.9 Å². The molecule has 0 bridgehead atoms. The molecule has 0 aromatic carbocycles. The Kier molecular flexibility index (Phi) is 4.47. The zero-order valence-corrected chi connectivity index (χ0v) is 11.2. The van der Waals surface area contributed by atoms with Crippen LogP contribution in [0.3, 0.4) is 0 Å². The van der Waals surface area contributed by atoms with Crippen molar-refractivity contribution in [3.8, 4) is 17.3 Å². The fourth-order valence-corrected chi connectivity index (χ4v) is 1.66. The molecule has 0 fully saturated rings. The maximum Gasteiger partial charge on any atom is 0.322 e. The lowest BCUT2D eigenvalue weighted by Crippen LogP contribution is -2.32. The molecule has 0 radical (unpaired) electrons. The van der Waals surface area contributed by atoms with E-state index >= 15 is 0 Å². The number of H-pyrrole nitrogens is 1. The van der Waals surface area contributed by atoms with Crippen molar-refractivity contribution in [2.75, 3.05) is 6.54 Å². The van der Waals surface area contributed by atoms with E-state index in [1.807, 2.05) is 0 Å². The highest BCUT2D eigenvalue weighted by atomic mass is 16.4. The van der Waals surface area contributed by atoms with Crippen LogP contribution in [0, 0.1) is 0 Å². The molecule has 0 saturated heterocycles. The number of aromatic nitrogens is 3. The number of carbonyl (C=O) groups is 2. The molecule has 0 unspecified atom stereocenters. The molecule has 0 spiro atoms. The predicted molar refractivity (Wildman–Crippen MR) is 74.1 cm³/mol. The van der Waals surface area contributed by atoms with Crippen LogP contribution in [-0.4, -0.2) is 43.6 Å². The maximum atomic E-state index is 11.9. The van der Waals surface area contributed by atoms with E-state index in [-0.39, 0.29) is 29.3 Å². The number of carboxylic acid groups (broad SMARTS) is 1. The first-order valence-corrected chi connectivity index (χ1v) is 6.19. The van der Waals surface area contributed by atoms with Crippen LogP contribution in [-0.2, 0) is 16.0 Å². The predicted octanol–water partition coefficient (Wildman–Crippen LogP) is -0.719. The Morgan fingerprint density at radius 2 is 2.14 bits per heavy atom. The summed E-state index contributed by atoms with van der Waals surface area (Å²) < 4.78 is 0. The first-order chi connectivity index (χ1) is 10.5. The number of hydrogen-bond acceptors (Lipinski definition) is 6. The second-order valence-electron chi connectivity index (χ2n) is 4.30. The normalized spacial score (nSPS) is 10.2. The average molecular weight is 304 g/mol. The van der Waals surface area contributed by atoms with Crippen molar-refractivity contribution in [2.45, 2.75) is 6.42 Å². The highest BCUT2D eigenvalue weighted by Gasteiger charge is 2.12.